The van der Waals surface area contributed by atoms with Gasteiger partial charge >= 0.3 is 0 Å². The summed E-state index contributed by atoms with van der Waals surface area (Å²) in [5.74, 6) is 0.786. The number of methoxy groups -OCH3 is 1. The largest absolute Gasteiger partial charge is 0.497 e. The second kappa shape index (κ2) is 4.96. The Hall–Kier alpha value is -2.36. The second-order valence-corrected chi connectivity index (χ2v) is 4.99. The molecule has 2 N–H and O–H groups in total. The molecule has 4 nitrogen and oxygen atoms in total. The van der Waals surface area contributed by atoms with Crippen molar-refractivity contribution in [1.82, 2.24) is 0 Å². The molecule has 2 aromatic carbocycles. The molecule has 104 valence electrons. The highest BCUT2D eigenvalue weighted by molar-refractivity contribution is 5.84. The third kappa shape index (κ3) is 2.03. The van der Waals surface area contributed by atoms with E-state index in [4.69, 9.17) is 10.5 Å². The van der Waals surface area contributed by atoms with Crippen LogP contribution in [-0.2, 0) is 0 Å². The van der Waals surface area contributed by atoms with Crippen LogP contribution in [0.2, 0.25) is 0 Å². The first-order chi connectivity index (χ1) is 9.70. The first-order valence-corrected chi connectivity index (χ1v) is 6.72. The van der Waals surface area contributed by atoms with Crippen molar-refractivity contribution in [2.45, 2.75) is 0 Å². The molecule has 3 rings (SSSR count). The summed E-state index contributed by atoms with van der Waals surface area (Å²) >= 11 is 0. The number of hydrogen-bond acceptors (Lipinski definition) is 4. The predicted molar refractivity (Wildman–Crippen MR) is 84.1 cm³/mol. The third-order valence-corrected chi connectivity index (χ3v) is 3.77. The molecule has 1 aliphatic rings. The maximum absolute atomic E-state index is 6.18. The lowest BCUT2D eigenvalue weighted by molar-refractivity contribution is 0.415. The van der Waals surface area contributed by atoms with E-state index in [1.165, 1.54) is 11.4 Å². The first kappa shape index (κ1) is 12.7. The number of anilines is 4. The van der Waals surface area contributed by atoms with Gasteiger partial charge in [-0.2, -0.15) is 0 Å². The Morgan fingerprint density at radius 3 is 2.45 bits per heavy atom. The SMILES string of the molecule is COc1ccc(N2CCN(C)c3ccccc32)c(N)c1. The van der Waals surface area contributed by atoms with Crippen LogP contribution < -0.4 is 20.3 Å². The van der Waals surface area contributed by atoms with E-state index in [9.17, 15) is 0 Å². The quantitative estimate of drug-likeness (QED) is 0.851. The fourth-order valence-corrected chi connectivity index (χ4v) is 2.66. The lowest BCUT2D eigenvalue weighted by Gasteiger charge is -2.37. The molecule has 0 unspecified atom stereocenters. The number of hydrogen-bond donors (Lipinski definition) is 1. The Kier molecular flexibility index (Phi) is 3.14. The number of likely N-dealkylation sites (N-methyl/N-ethyl adjacent to an activating group) is 1. The van der Waals surface area contributed by atoms with Crippen molar-refractivity contribution in [2.75, 3.05) is 42.8 Å². The Morgan fingerprint density at radius 2 is 1.75 bits per heavy atom. The van der Waals surface area contributed by atoms with Crippen LogP contribution in [0.5, 0.6) is 5.75 Å². The van der Waals surface area contributed by atoms with Gasteiger partial charge in [0.2, 0.25) is 0 Å². The highest BCUT2D eigenvalue weighted by atomic mass is 16.5. The molecule has 0 atom stereocenters. The minimum absolute atomic E-state index is 0.740. The first-order valence-electron chi connectivity index (χ1n) is 6.72. The summed E-state index contributed by atoms with van der Waals surface area (Å²) in [5, 5.41) is 0. The Balaban J connectivity index is 2.05. The van der Waals surface area contributed by atoms with Gasteiger partial charge in [-0.15, -0.1) is 0 Å². The molecular formula is C16H19N3O. The Morgan fingerprint density at radius 1 is 1.00 bits per heavy atom. The fourth-order valence-electron chi connectivity index (χ4n) is 2.66. The van der Waals surface area contributed by atoms with Crippen LogP contribution in [0, 0.1) is 0 Å². The van der Waals surface area contributed by atoms with Gasteiger partial charge in [0, 0.05) is 26.2 Å². The van der Waals surface area contributed by atoms with E-state index in [0.717, 1.165) is 30.2 Å². The predicted octanol–water partition coefficient (Wildman–Crippen LogP) is 2.87. The number of fused-ring (bicyclic) bond motifs is 1. The van der Waals surface area contributed by atoms with Gasteiger partial charge in [0.1, 0.15) is 5.75 Å². The van der Waals surface area contributed by atoms with Crippen molar-refractivity contribution >= 4 is 22.7 Å². The smallest absolute Gasteiger partial charge is 0.121 e. The molecular weight excluding hydrogens is 250 g/mol. The number of para-hydroxylation sites is 2. The van der Waals surface area contributed by atoms with Crippen molar-refractivity contribution in [3.8, 4) is 5.75 Å². The highest BCUT2D eigenvalue weighted by Gasteiger charge is 2.22. The lowest BCUT2D eigenvalue weighted by atomic mass is 10.1. The number of rotatable bonds is 2. The summed E-state index contributed by atoms with van der Waals surface area (Å²) in [5.41, 5.74) is 10.4. The van der Waals surface area contributed by atoms with Crippen LogP contribution in [0.15, 0.2) is 42.5 Å². The van der Waals surface area contributed by atoms with Crippen molar-refractivity contribution in [1.29, 1.82) is 0 Å². The average Bonchev–Trinajstić information content (AvgIpc) is 2.48. The normalized spacial score (nSPS) is 14.1. The molecule has 0 amide bonds. The molecule has 1 aliphatic heterocycles. The number of ether oxygens (including phenoxy) is 1. The van der Waals surface area contributed by atoms with Gasteiger partial charge < -0.3 is 20.3 Å². The molecule has 0 bridgehead atoms. The monoisotopic (exact) mass is 269 g/mol. The highest BCUT2D eigenvalue weighted by Crippen LogP contribution is 2.39. The zero-order chi connectivity index (χ0) is 14.1. The van der Waals surface area contributed by atoms with Gasteiger partial charge in [0.05, 0.1) is 29.9 Å². The average molecular weight is 269 g/mol. The Bertz CT molecular complexity index is 627. The van der Waals surface area contributed by atoms with Gasteiger partial charge in [-0.1, -0.05) is 12.1 Å². The van der Waals surface area contributed by atoms with Crippen LogP contribution in [0.1, 0.15) is 0 Å². The van der Waals surface area contributed by atoms with E-state index in [2.05, 4.69) is 41.1 Å². The van der Waals surface area contributed by atoms with Crippen LogP contribution in [0.3, 0.4) is 0 Å². The fraction of sp³-hybridized carbons (Fsp3) is 0.250. The molecule has 0 aliphatic carbocycles. The van der Waals surface area contributed by atoms with E-state index in [0.29, 0.717) is 0 Å². The summed E-state index contributed by atoms with van der Waals surface area (Å²) in [7, 11) is 3.77. The van der Waals surface area contributed by atoms with Gasteiger partial charge in [-0.05, 0) is 24.3 Å². The van der Waals surface area contributed by atoms with E-state index < -0.39 is 0 Å². The van der Waals surface area contributed by atoms with Gasteiger partial charge in [-0.3, -0.25) is 0 Å². The van der Waals surface area contributed by atoms with Gasteiger partial charge in [0.25, 0.3) is 0 Å². The molecule has 0 saturated carbocycles. The van der Waals surface area contributed by atoms with Crippen LogP contribution in [0.4, 0.5) is 22.7 Å². The molecule has 2 aromatic rings. The molecule has 1 heterocycles. The van der Waals surface area contributed by atoms with Gasteiger partial charge in [0.15, 0.2) is 0 Å². The second-order valence-electron chi connectivity index (χ2n) is 4.99. The van der Waals surface area contributed by atoms with Crippen molar-refractivity contribution in [3.05, 3.63) is 42.5 Å². The molecule has 0 fully saturated rings. The van der Waals surface area contributed by atoms with Crippen LogP contribution in [0.25, 0.3) is 0 Å². The Labute approximate surface area is 119 Å². The summed E-state index contributed by atoms with van der Waals surface area (Å²) in [6.07, 6.45) is 0. The number of nitrogens with zero attached hydrogens (tertiary/aromatic N) is 2. The van der Waals surface area contributed by atoms with Crippen LogP contribution >= 0.6 is 0 Å². The molecule has 20 heavy (non-hydrogen) atoms. The summed E-state index contributed by atoms with van der Waals surface area (Å²) in [4.78, 5) is 4.54. The zero-order valence-corrected chi connectivity index (χ0v) is 11.8. The van der Waals surface area contributed by atoms with E-state index >= 15 is 0 Å². The minimum atomic E-state index is 0.740. The lowest BCUT2D eigenvalue weighted by Crippen LogP contribution is -2.36. The van der Waals surface area contributed by atoms with Crippen LogP contribution in [-0.4, -0.2) is 27.2 Å². The molecule has 4 heteroatoms. The topological polar surface area (TPSA) is 41.7 Å². The number of nitrogens with two attached hydrogens (primary N) is 1. The maximum Gasteiger partial charge on any atom is 0.121 e. The zero-order valence-electron chi connectivity index (χ0n) is 11.8. The third-order valence-electron chi connectivity index (χ3n) is 3.77. The molecule has 0 saturated heterocycles. The standard InChI is InChI=1S/C16H19N3O/c1-18-9-10-19(16-6-4-3-5-15(16)18)14-8-7-12(20-2)11-13(14)17/h3-8,11H,9-10,17H2,1-2H3. The molecule has 0 spiro atoms. The van der Waals surface area contributed by atoms with Crippen molar-refractivity contribution in [3.63, 3.8) is 0 Å². The van der Waals surface area contributed by atoms with Crippen molar-refractivity contribution < 1.29 is 4.74 Å². The van der Waals surface area contributed by atoms with E-state index in [1.54, 1.807) is 7.11 Å². The van der Waals surface area contributed by atoms with E-state index in [-0.39, 0.29) is 0 Å². The number of nitrogen functional groups attached to an aromatic ring is 1. The molecule has 0 radical (unpaired) electrons. The van der Waals surface area contributed by atoms with Gasteiger partial charge in [-0.25, -0.2) is 0 Å². The van der Waals surface area contributed by atoms with E-state index in [1.807, 2.05) is 18.2 Å². The summed E-state index contributed by atoms with van der Waals surface area (Å²) in [6.45, 7) is 1.90. The molecule has 0 aromatic heterocycles. The number of benzene rings is 2. The summed E-state index contributed by atoms with van der Waals surface area (Å²) in [6, 6.07) is 14.2. The summed E-state index contributed by atoms with van der Waals surface area (Å²) < 4.78 is 5.22. The maximum atomic E-state index is 6.18. The van der Waals surface area contributed by atoms with Crippen molar-refractivity contribution in [2.24, 2.45) is 0 Å². The minimum Gasteiger partial charge on any atom is -0.497 e.